The number of nitrogens with two attached hydrogens (primary N) is 1. The van der Waals surface area contributed by atoms with Crippen LogP contribution in [0, 0.1) is 6.92 Å². The summed E-state index contributed by atoms with van der Waals surface area (Å²) in [6.45, 7) is 9.17. The number of aryl methyl sites for hydroxylation is 1. The molecule has 0 bridgehead atoms. The van der Waals surface area contributed by atoms with Crippen molar-refractivity contribution in [3.05, 3.63) is 18.1 Å². The van der Waals surface area contributed by atoms with Gasteiger partial charge in [-0.15, -0.1) is 0 Å². The molecule has 5 heteroatoms. The Morgan fingerprint density at radius 1 is 1.21 bits per heavy atom. The molecule has 0 aromatic carbocycles. The SMILES string of the molecule is CCCC(CN)N1CCN(c2nccnc2C)CC1. The Morgan fingerprint density at radius 3 is 2.47 bits per heavy atom. The molecule has 0 saturated carbocycles. The van der Waals surface area contributed by atoms with Crippen LogP contribution in [0.1, 0.15) is 25.5 Å². The van der Waals surface area contributed by atoms with Gasteiger partial charge in [0.05, 0.1) is 5.69 Å². The molecule has 2 rings (SSSR count). The Balaban J connectivity index is 1.94. The zero-order chi connectivity index (χ0) is 13.7. The van der Waals surface area contributed by atoms with Crippen molar-refractivity contribution in [2.45, 2.75) is 32.7 Å². The van der Waals surface area contributed by atoms with Gasteiger partial charge < -0.3 is 10.6 Å². The molecule has 5 nitrogen and oxygen atoms in total. The highest BCUT2D eigenvalue weighted by Gasteiger charge is 2.23. The van der Waals surface area contributed by atoms with Crippen LogP contribution in [-0.2, 0) is 0 Å². The second-order valence-corrected chi connectivity index (χ2v) is 5.17. The van der Waals surface area contributed by atoms with E-state index in [4.69, 9.17) is 5.73 Å². The Morgan fingerprint density at radius 2 is 1.89 bits per heavy atom. The molecule has 1 aromatic heterocycles. The van der Waals surface area contributed by atoms with Crippen LogP contribution in [0.25, 0.3) is 0 Å². The lowest BCUT2D eigenvalue weighted by molar-refractivity contribution is 0.179. The minimum atomic E-state index is 0.537. The van der Waals surface area contributed by atoms with Crippen molar-refractivity contribution >= 4 is 5.82 Å². The first kappa shape index (κ1) is 14.2. The fourth-order valence-corrected chi connectivity index (χ4v) is 2.79. The summed E-state index contributed by atoms with van der Waals surface area (Å²) < 4.78 is 0. The van der Waals surface area contributed by atoms with Crippen molar-refractivity contribution in [2.24, 2.45) is 5.73 Å². The molecule has 0 aliphatic carbocycles. The molecule has 0 spiro atoms. The first-order valence-electron chi connectivity index (χ1n) is 7.23. The van der Waals surface area contributed by atoms with Crippen LogP contribution < -0.4 is 10.6 Å². The predicted octanol–water partition coefficient (Wildman–Crippen LogP) is 1.03. The second-order valence-electron chi connectivity index (χ2n) is 5.17. The standard InChI is InChI=1S/C14H25N5/c1-3-4-13(11-15)18-7-9-19(10-8-18)14-12(2)16-5-6-17-14/h5-6,13H,3-4,7-11,15H2,1-2H3. The third-order valence-corrected chi connectivity index (χ3v) is 3.88. The van der Waals surface area contributed by atoms with Crippen LogP contribution in [0.2, 0.25) is 0 Å². The van der Waals surface area contributed by atoms with Crippen LogP contribution in [0.15, 0.2) is 12.4 Å². The summed E-state index contributed by atoms with van der Waals surface area (Å²) in [5.74, 6) is 1.03. The van der Waals surface area contributed by atoms with E-state index in [1.807, 2.05) is 6.92 Å². The van der Waals surface area contributed by atoms with Crippen LogP contribution in [-0.4, -0.2) is 53.6 Å². The number of rotatable bonds is 5. The number of hydrogen-bond acceptors (Lipinski definition) is 5. The van der Waals surface area contributed by atoms with E-state index >= 15 is 0 Å². The van der Waals surface area contributed by atoms with Crippen molar-refractivity contribution in [1.29, 1.82) is 0 Å². The van der Waals surface area contributed by atoms with Crippen molar-refractivity contribution in [2.75, 3.05) is 37.6 Å². The maximum atomic E-state index is 5.88. The number of hydrogen-bond donors (Lipinski definition) is 1. The monoisotopic (exact) mass is 263 g/mol. The van der Waals surface area contributed by atoms with Crippen molar-refractivity contribution in [1.82, 2.24) is 14.9 Å². The van der Waals surface area contributed by atoms with Crippen LogP contribution >= 0.6 is 0 Å². The lowest BCUT2D eigenvalue weighted by Gasteiger charge is -2.39. The second kappa shape index (κ2) is 6.82. The lowest BCUT2D eigenvalue weighted by Crippen LogP contribution is -2.52. The van der Waals surface area contributed by atoms with Gasteiger partial charge in [-0.25, -0.2) is 4.98 Å². The maximum Gasteiger partial charge on any atom is 0.150 e. The van der Waals surface area contributed by atoms with Gasteiger partial charge in [-0.2, -0.15) is 0 Å². The molecular weight excluding hydrogens is 238 g/mol. The molecule has 1 saturated heterocycles. The zero-order valence-electron chi connectivity index (χ0n) is 12.0. The molecule has 1 atom stereocenters. The van der Waals surface area contributed by atoms with E-state index in [1.54, 1.807) is 12.4 Å². The molecule has 19 heavy (non-hydrogen) atoms. The van der Waals surface area contributed by atoms with Gasteiger partial charge in [-0.1, -0.05) is 13.3 Å². The highest BCUT2D eigenvalue weighted by atomic mass is 15.3. The van der Waals surface area contributed by atoms with E-state index in [-0.39, 0.29) is 0 Å². The van der Waals surface area contributed by atoms with Gasteiger partial charge in [-0.3, -0.25) is 9.88 Å². The van der Waals surface area contributed by atoms with E-state index in [2.05, 4.69) is 26.7 Å². The average Bonchev–Trinajstić information content (AvgIpc) is 2.46. The van der Waals surface area contributed by atoms with Crippen LogP contribution in [0.4, 0.5) is 5.82 Å². The Labute approximate surface area is 115 Å². The largest absolute Gasteiger partial charge is 0.353 e. The topological polar surface area (TPSA) is 58.3 Å². The van der Waals surface area contributed by atoms with Gasteiger partial charge >= 0.3 is 0 Å². The van der Waals surface area contributed by atoms with Gasteiger partial charge in [0.2, 0.25) is 0 Å². The summed E-state index contributed by atoms with van der Waals surface area (Å²) in [6, 6.07) is 0.537. The summed E-state index contributed by atoms with van der Waals surface area (Å²) in [5, 5.41) is 0. The highest BCUT2D eigenvalue weighted by molar-refractivity contribution is 5.42. The fourth-order valence-electron chi connectivity index (χ4n) is 2.79. The predicted molar refractivity (Wildman–Crippen MR) is 78.3 cm³/mol. The quantitative estimate of drug-likeness (QED) is 0.860. The molecule has 2 N–H and O–H groups in total. The molecule has 0 radical (unpaired) electrons. The van der Waals surface area contributed by atoms with E-state index in [0.29, 0.717) is 6.04 Å². The Kier molecular flexibility index (Phi) is 5.10. The summed E-state index contributed by atoms with van der Waals surface area (Å²) in [6.07, 6.45) is 5.92. The number of nitrogens with zero attached hydrogens (tertiary/aromatic N) is 4. The Hall–Kier alpha value is -1.20. The summed E-state index contributed by atoms with van der Waals surface area (Å²) in [5.41, 5.74) is 6.90. The van der Waals surface area contributed by atoms with E-state index in [0.717, 1.165) is 44.2 Å². The Bertz CT molecular complexity index is 387. The highest BCUT2D eigenvalue weighted by Crippen LogP contribution is 2.17. The van der Waals surface area contributed by atoms with E-state index in [9.17, 15) is 0 Å². The van der Waals surface area contributed by atoms with E-state index in [1.165, 1.54) is 12.8 Å². The fraction of sp³-hybridized carbons (Fsp3) is 0.714. The van der Waals surface area contributed by atoms with Crippen LogP contribution in [0.3, 0.4) is 0 Å². The first-order chi connectivity index (χ1) is 9.26. The average molecular weight is 263 g/mol. The number of anilines is 1. The molecule has 1 unspecified atom stereocenters. The van der Waals surface area contributed by atoms with Crippen molar-refractivity contribution in [3.63, 3.8) is 0 Å². The minimum absolute atomic E-state index is 0.537. The molecular formula is C14H25N5. The summed E-state index contributed by atoms with van der Waals surface area (Å²) in [4.78, 5) is 13.6. The third kappa shape index (κ3) is 3.42. The molecule has 1 fully saturated rings. The number of piperazine rings is 1. The smallest absolute Gasteiger partial charge is 0.150 e. The molecule has 1 aliphatic rings. The molecule has 2 heterocycles. The van der Waals surface area contributed by atoms with Gasteiger partial charge in [0.25, 0.3) is 0 Å². The molecule has 1 aliphatic heterocycles. The van der Waals surface area contributed by atoms with Gasteiger partial charge in [0.15, 0.2) is 0 Å². The van der Waals surface area contributed by atoms with E-state index < -0.39 is 0 Å². The summed E-state index contributed by atoms with van der Waals surface area (Å²) in [7, 11) is 0. The third-order valence-electron chi connectivity index (χ3n) is 3.88. The zero-order valence-corrected chi connectivity index (χ0v) is 12.0. The van der Waals surface area contributed by atoms with Gasteiger partial charge in [-0.05, 0) is 13.3 Å². The van der Waals surface area contributed by atoms with Gasteiger partial charge in [0.1, 0.15) is 5.82 Å². The van der Waals surface area contributed by atoms with Crippen LogP contribution in [0.5, 0.6) is 0 Å². The van der Waals surface area contributed by atoms with Gasteiger partial charge in [0, 0.05) is 51.2 Å². The summed E-state index contributed by atoms with van der Waals surface area (Å²) >= 11 is 0. The molecule has 106 valence electrons. The normalized spacial score (nSPS) is 18.6. The number of aromatic nitrogens is 2. The molecule has 1 aromatic rings. The maximum absolute atomic E-state index is 5.88. The first-order valence-corrected chi connectivity index (χ1v) is 7.23. The van der Waals surface area contributed by atoms with Crippen molar-refractivity contribution in [3.8, 4) is 0 Å². The minimum Gasteiger partial charge on any atom is -0.353 e. The molecule has 0 amide bonds. The van der Waals surface area contributed by atoms with Crippen molar-refractivity contribution < 1.29 is 0 Å². The lowest BCUT2D eigenvalue weighted by atomic mass is 10.1.